The molecule has 5 aliphatic rings. The van der Waals surface area contributed by atoms with Gasteiger partial charge in [0, 0.05) is 18.3 Å². The lowest BCUT2D eigenvalue weighted by Crippen LogP contribution is -2.66. The van der Waals surface area contributed by atoms with Gasteiger partial charge >= 0.3 is 0 Å². The van der Waals surface area contributed by atoms with Crippen LogP contribution < -0.4 is 5.32 Å². The number of nitrogens with one attached hydrogen (secondary N) is 1. The van der Waals surface area contributed by atoms with Crippen molar-refractivity contribution in [2.24, 2.45) is 46.3 Å². The molecule has 17 atom stereocenters. The first-order valence-corrected chi connectivity index (χ1v) is 19.0. The maximum absolute atomic E-state index is 12.6. The van der Waals surface area contributed by atoms with E-state index in [1.807, 2.05) is 39.0 Å². The van der Waals surface area contributed by atoms with E-state index in [-0.39, 0.29) is 30.8 Å². The summed E-state index contributed by atoms with van der Waals surface area (Å²) in [6.07, 6.45) is -1.62. The Balaban J connectivity index is 1.33. The van der Waals surface area contributed by atoms with Crippen LogP contribution in [0.5, 0.6) is 0 Å². The summed E-state index contributed by atoms with van der Waals surface area (Å²) < 4.78 is 42.4. The third-order valence-electron chi connectivity index (χ3n) is 12.9. The number of amides is 1. The van der Waals surface area contributed by atoms with Gasteiger partial charge in [0.15, 0.2) is 6.29 Å². The number of aliphatic hydroxyl groups excluding tert-OH is 6. The molecule has 0 bridgehead atoms. The van der Waals surface area contributed by atoms with Crippen LogP contribution in [0.4, 0.5) is 0 Å². The van der Waals surface area contributed by atoms with Crippen molar-refractivity contribution in [3.8, 4) is 0 Å². The molecule has 1 amide bonds. The van der Waals surface area contributed by atoms with Gasteiger partial charge in [0.2, 0.25) is 5.91 Å². The molecule has 14 nitrogen and oxygen atoms in total. The zero-order valence-corrected chi connectivity index (χ0v) is 29.6. The van der Waals surface area contributed by atoms with Crippen molar-refractivity contribution >= 4 is 16.0 Å². The van der Waals surface area contributed by atoms with Gasteiger partial charge in [-0.25, -0.2) is 0 Å². The number of hydrogen-bond donors (Lipinski definition) is 9. The lowest BCUT2D eigenvalue weighted by Gasteiger charge is -2.63. The van der Waals surface area contributed by atoms with E-state index in [4.69, 9.17) is 14.0 Å². The Bertz CT molecular complexity index is 1410. The van der Waals surface area contributed by atoms with Crippen LogP contribution in [0, 0.1) is 46.3 Å². The summed E-state index contributed by atoms with van der Waals surface area (Å²) in [7, 11) is -4.36. The molecule has 1 aliphatic heterocycles. The largest absolute Gasteiger partial charge is 0.390 e. The number of fused-ring (bicyclic) bond motifs is 5. The number of carbonyl (C=O) groups is 1. The molecule has 0 radical (unpaired) electrons. The van der Waals surface area contributed by atoms with E-state index in [0.29, 0.717) is 31.3 Å². The minimum absolute atomic E-state index is 0.0481. The van der Waals surface area contributed by atoms with Crippen LogP contribution in [0.1, 0.15) is 66.7 Å². The van der Waals surface area contributed by atoms with Gasteiger partial charge in [-0.05, 0) is 65.8 Å². The predicted octanol–water partition coefficient (Wildman–Crippen LogP) is -0.157. The monoisotopic (exact) mass is 717 g/mol. The summed E-state index contributed by atoms with van der Waals surface area (Å²) in [6.45, 7) is 9.16. The molecule has 9 N–H and O–H groups in total. The first-order chi connectivity index (χ1) is 22.7. The molecule has 49 heavy (non-hydrogen) atoms. The Hall–Kier alpha value is -1.50. The molecule has 0 aromatic carbocycles. The van der Waals surface area contributed by atoms with Crippen molar-refractivity contribution in [2.75, 3.05) is 12.5 Å². The fourth-order valence-corrected chi connectivity index (χ4v) is 10.6. The Labute approximate surface area is 288 Å². The van der Waals surface area contributed by atoms with E-state index in [0.717, 1.165) is 0 Å². The van der Waals surface area contributed by atoms with E-state index in [1.165, 1.54) is 0 Å². The predicted molar refractivity (Wildman–Crippen MR) is 175 cm³/mol. The van der Waals surface area contributed by atoms with E-state index in [9.17, 15) is 49.0 Å². The fourth-order valence-electron chi connectivity index (χ4n) is 10.3. The van der Waals surface area contributed by atoms with Crippen molar-refractivity contribution < 1.29 is 63.0 Å². The molecule has 3 saturated carbocycles. The van der Waals surface area contributed by atoms with Gasteiger partial charge in [0.25, 0.3) is 10.1 Å². The Kier molecular flexibility index (Phi) is 10.9. The molecule has 17 unspecified atom stereocenters. The summed E-state index contributed by atoms with van der Waals surface area (Å²) in [4.78, 5) is 12.4. The minimum Gasteiger partial charge on any atom is -0.390 e. The van der Waals surface area contributed by atoms with Crippen LogP contribution >= 0.6 is 0 Å². The highest BCUT2D eigenvalue weighted by atomic mass is 32.2. The number of carbonyl (C=O) groups excluding carboxylic acids is 1. The second-order valence-electron chi connectivity index (χ2n) is 16.0. The fraction of sp³-hybridized carbons (Fsp3) is 0.853. The first-order valence-electron chi connectivity index (χ1n) is 17.4. The number of allylic oxidation sites excluding steroid dienone is 2. The molecule has 0 aromatic rings. The standard InChI is InChI=1S/C34H55NO13S/c1-16(18(3)30(42)35-15-49(44,45)46)6-7-17(2)24-26(39)27(40)29-33(24,5)11-9-23-32(4)10-8-19(12-20(32)21(36)13-34(23,29)43)48-31-28(41)25(38)22(37)14-47-31/h6-7,12,16-19,21-29,31,36-41,43H,8-11,13-15H2,1-5H3,(H,35,42)(H,44,45,46). The third-order valence-corrected chi connectivity index (χ3v) is 13.5. The van der Waals surface area contributed by atoms with Crippen LogP contribution in [0.15, 0.2) is 23.8 Å². The molecule has 280 valence electrons. The van der Waals surface area contributed by atoms with E-state index >= 15 is 0 Å². The van der Waals surface area contributed by atoms with Gasteiger partial charge < -0.3 is 50.5 Å². The molecular weight excluding hydrogens is 662 g/mol. The molecule has 0 aromatic heterocycles. The van der Waals surface area contributed by atoms with E-state index in [1.54, 1.807) is 13.8 Å². The first kappa shape index (κ1) is 38.7. The normalized spacial score (nSPS) is 47.4. The molecule has 5 rings (SSSR count). The van der Waals surface area contributed by atoms with Crippen molar-refractivity contribution in [1.29, 1.82) is 0 Å². The van der Waals surface area contributed by atoms with Gasteiger partial charge in [0.05, 0.1) is 36.6 Å². The SMILES string of the molecule is CC(C=CC(C)C1C(O)C(O)C2C1(C)CCC1C3(C)CCC(OC4OCC(O)C(O)C4O)C=C3C(O)CC12O)C(C)C(=O)NCS(=O)(=O)O. The quantitative estimate of drug-likeness (QED) is 0.111. The van der Waals surface area contributed by atoms with Crippen LogP contribution in [0.2, 0.25) is 0 Å². The van der Waals surface area contributed by atoms with E-state index < -0.39 is 105 Å². The van der Waals surface area contributed by atoms with Gasteiger partial charge in [-0.1, -0.05) is 52.8 Å². The van der Waals surface area contributed by atoms with Gasteiger partial charge in [-0.2, -0.15) is 8.42 Å². The maximum atomic E-state index is 12.6. The molecule has 0 spiro atoms. The Morgan fingerprint density at radius 1 is 1.02 bits per heavy atom. The van der Waals surface area contributed by atoms with Crippen LogP contribution in [-0.4, -0.2) is 122 Å². The smallest absolute Gasteiger partial charge is 0.283 e. The van der Waals surface area contributed by atoms with Crippen molar-refractivity contribution in [3.63, 3.8) is 0 Å². The molecule has 4 aliphatic carbocycles. The van der Waals surface area contributed by atoms with Crippen LogP contribution in [-0.2, 0) is 24.4 Å². The highest BCUT2D eigenvalue weighted by molar-refractivity contribution is 7.85. The van der Waals surface area contributed by atoms with Crippen molar-refractivity contribution in [1.82, 2.24) is 5.32 Å². The number of aliphatic hydroxyl groups is 7. The summed E-state index contributed by atoms with van der Waals surface area (Å²) >= 11 is 0. The highest BCUT2D eigenvalue weighted by Crippen LogP contribution is 2.69. The Morgan fingerprint density at radius 3 is 2.35 bits per heavy atom. The van der Waals surface area contributed by atoms with Crippen LogP contribution in [0.3, 0.4) is 0 Å². The summed E-state index contributed by atoms with van der Waals surface area (Å²) in [5.41, 5.74) is -2.14. The summed E-state index contributed by atoms with van der Waals surface area (Å²) in [5.74, 6) is -4.16. The van der Waals surface area contributed by atoms with Crippen molar-refractivity contribution in [3.05, 3.63) is 23.8 Å². The highest BCUT2D eigenvalue weighted by Gasteiger charge is 2.72. The molecule has 1 saturated heterocycles. The average molecular weight is 718 g/mol. The van der Waals surface area contributed by atoms with Crippen molar-refractivity contribution in [2.45, 2.75) is 121 Å². The third kappa shape index (κ3) is 6.90. The second-order valence-corrected chi connectivity index (χ2v) is 17.4. The molecule has 15 heteroatoms. The molecule has 1 heterocycles. The van der Waals surface area contributed by atoms with E-state index in [2.05, 4.69) is 5.32 Å². The molecule has 4 fully saturated rings. The van der Waals surface area contributed by atoms with Crippen LogP contribution in [0.25, 0.3) is 0 Å². The summed E-state index contributed by atoms with van der Waals surface area (Å²) in [6, 6.07) is 0. The maximum Gasteiger partial charge on any atom is 0.283 e. The zero-order chi connectivity index (χ0) is 36.4. The Morgan fingerprint density at radius 2 is 1.69 bits per heavy atom. The lowest BCUT2D eigenvalue weighted by atomic mass is 9.43. The zero-order valence-electron chi connectivity index (χ0n) is 28.8. The second kappa shape index (κ2) is 13.8. The van der Waals surface area contributed by atoms with Gasteiger partial charge in [-0.3, -0.25) is 9.35 Å². The molecular formula is C34H55NO13S. The minimum atomic E-state index is -4.36. The lowest BCUT2D eigenvalue weighted by molar-refractivity contribution is -0.280. The topological polar surface area (TPSA) is 244 Å². The number of hydrogen-bond acceptors (Lipinski definition) is 12. The number of rotatable bonds is 9. The van der Waals surface area contributed by atoms with Gasteiger partial charge in [0.1, 0.15) is 24.2 Å². The summed E-state index contributed by atoms with van der Waals surface area (Å²) in [5, 5.41) is 79.9. The van der Waals surface area contributed by atoms with Gasteiger partial charge in [-0.15, -0.1) is 0 Å². The number of ether oxygens (including phenoxy) is 2. The average Bonchev–Trinajstić information content (AvgIpc) is 3.23.